The van der Waals surface area contributed by atoms with Crippen LogP contribution in [0, 0.1) is 13.8 Å². The van der Waals surface area contributed by atoms with Crippen molar-refractivity contribution in [1.82, 2.24) is 5.10 Å². The van der Waals surface area contributed by atoms with E-state index in [-0.39, 0.29) is 5.97 Å². The number of fused-ring (bicyclic) bond motifs is 7. The Morgan fingerprint density at radius 2 is 1.50 bits per heavy atom. The third-order valence-corrected chi connectivity index (χ3v) is 7.07. The van der Waals surface area contributed by atoms with Gasteiger partial charge in [-0.3, -0.25) is 0 Å². The minimum Gasteiger partial charge on any atom is -0.462 e. The molecule has 0 aliphatic heterocycles. The van der Waals surface area contributed by atoms with E-state index in [1.54, 1.807) is 0 Å². The highest BCUT2D eigenvalue weighted by Crippen LogP contribution is 2.34. The van der Waals surface area contributed by atoms with Gasteiger partial charge in [0.15, 0.2) is 0 Å². The number of benzene rings is 4. The standard InChI is InChI=1S/C33H29N2O2.BF4/c1-4-5-18-37-33(36)30-27-14-9-13-24(23-11-8-10-21(2)19-23)31(27)34-35-29-15-7-6-12-25(29)28-20-22(3)16-17-26(28)32(30)35;2-1(3,4)5/h6-17,19-20H,4-5,18H2,1-3H3;/q+1;-1. The van der Waals surface area contributed by atoms with Crippen molar-refractivity contribution < 1.29 is 31.3 Å². The van der Waals surface area contributed by atoms with Gasteiger partial charge >= 0.3 is 13.2 Å². The molecule has 2 heterocycles. The predicted molar refractivity (Wildman–Crippen MR) is 160 cm³/mol. The molecule has 0 bridgehead atoms. The summed E-state index contributed by atoms with van der Waals surface area (Å²) < 4.78 is 46.8. The van der Waals surface area contributed by atoms with Gasteiger partial charge in [-0.05, 0) is 42.5 Å². The lowest BCUT2D eigenvalue weighted by molar-refractivity contribution is -0.548. The van der Waals surface area contributed by atoms with Gasteiger partial charge in [-0.25, -0.2) is 4.79 Å². The number of pyridine rings is 1. The monoisotopic (exact) mass is 572 g/mol. The molecular formula is C33H29BF4N2O2. The maximum Gasteiger partial charge on any atom is 0.673 e. The molecule has 2 aromatic heterocycles. The van der Waals surface area contributed by atoms with Crippen molar-refractivity contribution in [2.75, 3.05) is 6.61 Å². The number of carbonyl (C=O) groups excluding carboxylic acids is 1. The summed E-state index contributed by atoms with van der Waals surface area (Å²) in [6.07, 6.45) is 1.79. The Morgan fingerprint density at radius 1 is 0.810 bits per heavy atom. The fourth-order valence-electron chi connectivity index (χ4n) is 5.27. The topological polar surface area (TPSA) is 43.3 Å². The average Bonchev–Trinajstić information content (AvgIpc) is 2.95. The Bertz CT molecular complexity index is 1950. The van der Waals surface area contributed by atoms with E-state index < -0.39 is 7.25 Å². The summed E-state index contributed by atoms with van der Waals surface area (Å²) in [6.45, 7) is 6.67. The Morgan fingerprint density at radius 3 is 2.24 bits per heavy atom. The Labute approximate surface area is 240 Å². The molecule has 0 radical (unpaired) electrons. The van der Waals surface area contributed by atoms with E-state index in [0.29, 0.717) is 12.2 Å². The van der Waals surface area contributed by atoms with Crippen LogP contribution in [0.25, 0.3) is 49.2 Å². The van der Waals surface area contributed by atoms with Crippen LogP contribution in [0.4, 0.5) is 17.3 Å². The van der Waals surface area contributed by atoms with Crippen molar-refractivity contribution in [3.8, 4) is 11.1 Å². The Kier molecular flexibility index (Phi) is 8.12. The number of aryl methyl sites for hydroxylation is 2. The van der Waals surface area contributed by atoms with Gasteiger partial charge < -0.3 is 22.0 Å². The number of rotatable bonds is 5. The summed E-state index contributed by atoms with van der Waals surface area (Å²) in [5, 5.41) is 9.23. The highest BCUT2D eigenvalue weighted by Gasteiger charge is 2.29. The quantitative estimate of drug-likeness (QED) is 0.0395. The first kappa shape index (κ1) is 29.0. The van der Waals surface area contributed by atoms with Crippen molar-refractivity contribution in [3.63, 3.8) is 0 Å². The lowest BCUT2D eigenvalue weighted by Crippen LogP contribution is -2.31. The Balaban J connectivity index is 0.000000652. The molecular weight excluding hydrogens is 543 g/mol. The van der Waals surface area contributed by atoms with Gasteiger partial charge in [-0.1, -0.05) is 91.2 Å². The van der Waals surface area contributed by atoms with Crippen molar-refractivity contribution in [2.45, 2.75) is 33.6 Å². The van der Waals surface area contributed by atoms with Gasteiger partial charge in [0.1, 0.15) is 11.1 Å². The zero-order valence-electron chi connectivity index (χ0n) is 23.5. The molecule has 0 atom stereocenters. The molecule has 4 nitrogen and oxygen atoms in total. The largest absolute Gasteiger partial charge is 0.673 e. The number of unbranched alkanes of at least 4 members (excludes halogenated alkanes) is 1. The van der Waals surface area contributed by atoms with Gasteiger partial charge in [0.05, 0.1) is 17.4 Å². The van der Waals surface area contributed by atoms with Gasteiger partial charge in [-0.2, -0.15) is 0 Å². The summed E-state index contributed by atoms with van der Waals surface area (Å²) in [5.74, 6) is -0.308. The second-order valence-corrected chi connectivity index (χ2v) is 10.3. The van der Waals surface area contributed by atoms with Crippen molar-refractivity contribution in [2.24, 2.45) is 0 Å². The maximum atomic E-state index is 13.8. The van der Waals surface area contributed by atoms with E-state index >= 15 is 0 Å². The molecule has 0 aliphatic carbocycles. The first-order valence-corrected chi connectivity index (χ1v) is 13.8. The number of halogens is 4. The summed E-state index contributed by atoms with van der Waals surface area (Å²) in [5.41, 5.74) is 7.50. The first-order chi connectivity index (χ1) is 20.1. The first-order valence-electron chi connectivity index (χ1n) is 13.8. The molecule has 0 saturated carbocycles. The fourth-order valence-corrected chi connectivity index (χ4v) is 5.27. The van der Waals surface area contributed by atoms with Crippen molar-refractivity contribution >= 4 is 51.3 Å². The third kappa shape index (κ3) is 5.91. The Hall–Kier alpha value is -4.53. The molecule has 6 aromatic rings. The van der Waals surface area contributed by atoms with Crippen molar-refractivity contribution in [1.29, 1.82) is 0 Å². The summed E-state index contributed by atoms with van der Waals surface area (Å²) in [6, 6.07) is 29.1. The van der Waals surface area contributed by atoms with E-state index in [1.807, 2.05) is 22.7 Å². The highest BCUT2D eigenvalue weighted by atomic mass is 19.5. The van der Waals surface area contributed by atoms with Crippen molar-refractivity contribution in [3.05, 3.63) is 102 Å². The van der Waals surface area contributed by atoms with Gasteiger partial charge in [-0.15, -0.1) is 0 Å². The molecule has 0 unspecified atom stereocenters. The summed E-state index contributed by atoms with van der Waals surface area (Å²) in [4.78, 5) is 13.8. The maximum absolute atomic E-state index is 13.8. The van der Waals surface area contributed by atoms with Gasteiger partial charge in [0.2, 0.25) is 5.52 Å². The summed E-state index contributed by atoms with van der Waals surface area (Å²) >= 11 is 0. The van der Waals surface area contributed by atoms with Crippen LogP contribution in [0.15, 0.2) is 84.9 Å². The summed E-state index contributed by atoms with van der Waals surface area (Å²) in [7, 11) is -6.00. The molecule has 0 fully saturated rings. The zero-order chi connectivity index (χ0) is 30.0. The lowest BCUT2D eigenvalue weighted by Gasteiger charge is -2.12. The van der Waals surface area contributed by atoms with Crippen LogP contribution in [0.2, 0.25) is 0 Å². The van der Waals surface area contributed by atoms with Gasteiger partial charge in [0, 0.05) is 27.5 Å². The predicted octanol–water partition coefficient (Wildman–Crippen LogP) is 8.82. The molecule has 6 rings (SSSR count). The van der Waals surface area contributed by atoms with Crippen LogP contribution < -0.4 is 4.52 Å². The van der Waals surface area contributed by atoms with Gasteiger partial charge in [0.25, 0.3) is 5.52 Å². The van der Waals surface area contributed by atoms with E-state index in [4.69, 9.17) is 9.84 Å². The third-order valence-electron chi connectivity index (χ3n) is 7.07. The van der Waals surface area contributed by atoms with Crippen LogP contribution >= 0.6 is 0 Å². The molecule has 9 heteroatoms. The minimum absolute atomic E-state index is 0.308. The SMILES string of the molecule is CCCCOC(=O)c1c2cccc(-c3cccc(C)c3)c2n[n+]2c3ccccc3c3cc(C)ccc3c12.F[B-](F)(F)F. The number of hydrogen-bond donors (Lipinski definition) is 0. The molecule has 0 aliphatic rings. The van der Waals surface area contributed by atoms with Crippen LogP contribution in [-0.2, 0) is 4.74 Å². The number of hydrogen-bond acceptors (Lipinski definition) is 3. The number of carbonyl (C=O) groups is 1. The minimum atomic E-state index is -6.00. The second kappa shape index (κ2) is 11.8. The molecule has 0 amide bonds. The number of ether oxygens (including phenoxy) is 1. The molecule has 42 heavy (non-hydrogen) atoms. The van der Waals surface area contributed by atoms with Crippen LogP contribution in [0.1, 0.15) is 41.3 Å². The molecule has 0 saturated heterocycles. The fraction of sp³-hybridized carbons (Fsp3) is 0.182. The van der Waals surface area contributed by atoms with E-state index in [9.17, 15) is 22.1 Å². The number of esters is 1. The molecule has 0 spiro atoms. The van der Waals surface area contributed by atoms with Crippen LogP contribution in [0.5, 0.6) is 0 Å². The molecule has 0 N–H and O–H groups in total. The number of aromatic nitrogens is 2. The normalized spacial score (nSPS) is 11.6. The zero-order valence-corrected chi connectivity index (χ0v) is 23.5. The number of nitrogens with zero attached hydrogens (tertiary/aromatic N) is 2. The van der Waals surface area contributed by atoms with E-state index in [0.717, 1.165) is 62.1 Å². The second-order valence-electron chi connectivity index (χ2n) is 10.3. The molecule has 4 aromatic carbocycles. The van der Waals surface area contributed by atoms with Crippen LogP contribution in [-0.4, -0.2) is 24.9 Å². The average molecular weight is 572 g/mol. The number of para-hydroxylation sites is 1. The van der Waals surface area contributed by atoms with E-state index in [1.165, 1.54) is 11.1 Å². The smallest absolute Gasteiger partial charge is 0.462 e. The lowest BCUT2D eigenvalue weighted by atomic mass is 9.96. The van der Waals surface area contributed by atoms with E-state index in [2.05, 4.69) is 87.5 Å². The highest BCUT2D eigenvalue weighted by molar-refractivity contribution is 6.50. The molecule has 214 valence electrons. The van der Waals surface area contributed by atoms with Crippen LogP contribution in [0.3, 0.4) is 0 Å².